The normalized spacial score (nSPS) is 21.4. The van der Waals surface area contributed by atoms with Gasteiger partial charge in [-0.25, -0.2) is 9.97 Å². The van der Waals surface area contributed by atoms with Crippen molar-refractivity contribution < 1.29 is 4.74 Å². The van der Waals surface area contributed by atoms with Crippen LogP contribution < -0.4 is 4.90 Å². The Kier molecular flexibility index (Phi) is 4.86. The van der Waals surface area contributed by atoms with E-state index in [1.54, 1.807) is 13.3 Å². The Labute approximate surface area is 137 Å². The Bertz CT molecular complexity index is 647. The Morgan fingerprint density at radius 3 is 2.87 bits per heavy atom. The van der Waals surface area contributed by atoms with Gasteiger partial charge in [-0.3, -0.25) is 4.98 Å². The monoisotopic (exact) mass is 312 g/mol. The number of piperidine rings is 1. The van der Waals surface area contributed by atoms with E-state index in [0.717, 1.165) is 43.1 Å². The maximum absolute atomic E-state index is 5.63. The van der Waals surface area contributed by atoms with Crippen molar-refractivity contribution in [3.05, 3.63) is 36.2 Å². The molecule has 0 bridgehead atoms. The Hall–Kier alpha value is -2.01. The Balaban J connectivity index is 1.93. The predicted octanol–water partition coefficient (Wildman–Crippen LogP) is 2.96. The van der Waals surface area contributed by atoms with Crippen LogP contribution in [0.5, 0.6) is 0 Å². The summed E-state index contributed by atoms with van der Waals surface area (Å²) in [4.78, 5) is 16.1. The molecule has 0 aliphatic carbocycles. The van der Waals surface area contributed by atoms with Gasteiger partial charge < -0.3 is 9.64 Å². The van der Waals surface area contributed by atoms with Crippen LogP contribution in [0, 0.1) is 5.92 Å². The molecule has 1 aliphatic rings. The summed E-state index contributed by atoms with van der Waals surface area (Å²) in [6.07, 6.45) is 4.03. The van der Waals surface area contributed by atoms with Crippen molar-refractivity contribution in [2.45, 2.75) is 32.8 Å². The summed E-state index contributed by atoms with van der Waals surface area (Å²) in [6.45, 7) is 6.25. The van der Waals surface area contributed by atoms with Gasteiger partial charge in [-0.05, 0) is 30.9 Å². The molecule has 2 unspecified atom stereocenters. The van der Waals surface area contributed by atoms with Crippen molar-refractivity contribution in [1.82, 2.24) is 15.0 Å². The average Bonchev–Trinajstić information content (AvgIpc) is 2.62. The molecule has 23 heavy (non-hydrogen) atoms. The number of aromatic nitrogens is 3. The number of pyridine rings is 1. The lowest BCUT2D eigenvalue weighted by molar-refractivity contribution is 0.0496. The van der Waals surface area contributed by atoms with Gasteiger partial charge in [0.05, 0.1) is 6.10 Å². The summed E-state index contributed by atoms with van der Waals surface area (Å²) in [5.41, 5.74) is 1.86. The van der Waals surface area contributed by atoms with Crippen LogP contribution in [0.4, 0.5) is 5.82 Å². The third-order valence-corrected chi connectivity index (χ3v) is 4.54. The largest absolute Gasteiger partial charge is 0.379 e. The van der Waals surface area contributed by atoms with Crippen molar-refractivity contribution in [3.8, 4) is 11.5 Å². The van der Waals surface area contributed by atoms with E-state index in [1.807, 2.05) is 18.2 Å². The lowest BCUT2D eigenvalue weighted by Crippen LogP contribution is -2.44. The highest BCUT2D eigenvalue weighted by Gasteiger charge is 2.27. The molecule has 5 nitrogen and oxygen atoms in total. The molecule has 0 aromatic carbocycles. The highest BCUT2D eigenvalue weighted by Crippen LogP contribution is 2.25. The molecule has 0 saturated carbocycles. The summed E-state index contributed by atoms with van der Waals surface area (Å²) < 4.78 is 5.63. The minimum Gasteiger partial charge on any atom is -0.379 e. The molecule has 3 heterocycles. The molecular formula is C18H24N4O. The third kappa shape index (κ3) is 3.50. The fourth-order valence-electron chi connectivity index (χ4n) is 2.98. The first-order valence-electron chi connectivity index (χ1n) is 8.28. The quantitative estimate of drug-likeness (QED) is 0.869. The van der Waals surface area contributed by atoms with Crippen LogP contribution in [0.2, 0.25) is 0 Å². The second-order valence-corrected chi connectivity index (χ2v) is 6.10. The molecule has 2 aromatic heterocycles. The van der Waals surface area contributed by atoms with E-state index in [4.69, 9.17) is 9.72 Å². The molecule has 5 heteroatoms. The maximum Gasteiger partial charge on any atom is 0.180 e. The summed E-state index contributed by atoms with van der Waals surface area (Å²) in [5, 5.41) is 0. The summed E-state index contributed by atoms with van der Waals surface area (Å²) >= 11 is 0. The van der Waals surface area contributed by atoms with E-state index >= 15 is 0 Å². The molecule has 122 valence electrons. The van der Waals surface area contributed by atoms with Crippen molar-refractivity contribution in [2.24, 2.45) is 5.92 Å². The first kappa shape index (κ1) is 15.9. The second-order valence-electron chi connectivity index (χ2n) is 6.10. The summed E-state index contributed by atoms with van der Waals surface area (Å²) in [7, 11) is 1.79. The second kappa shape index (κ2) is 7.04. The molecule has 0 N–H and O–H groups in total. The number of hydrogen-bond donors (Lipinski definition) is 0. The van der Waals surface area contributed by atoms with Gasteiger partial charge in [-0.1, -0.05) is 19.9 Å². The van der Waals surface area contributed by atoms with E-state index in [0.29, 0.717) is 11.7 Å². The highest BCUT2D eigenvalue weighted by molar-refractivity contribution is 5.54. The van der Waals surface area contributed by atoms with Crippen LogP contribution in [0.3, 0.4) is 0 Å². The van der Waals surface area contributed by atoms with Crippen LogP contribution >= 0.6 is 0 Å². The van der Waals surface area contributed by atoms with Gasteiger partial charge in [0.15, 0.2) is 5.82 Å². The lowest BCUT2D eigenvalue weighted by atomic mass is 9.96. The van der Waals surface area contributed by atoms with Gasteiger partial charge >= 0.3 is 0 Å². The van der Waals surface area contributed by atoms with Gasteiger partial charge in [0, 0.05) is 38.2 Å². The van der Waals surface area contributed by atoms with Crippen molar-refractivity contribution in [1.29, 1.82) is 0 Å². The molecule has 1 fully saturated rings. The molecule has 2 aromatic rings. The molecule has 2 atom stereocenters. The zero-order valence-electron chi connectivity index (χ0n) is 14.1. The van der Waals surface area contributed by atoms with Gasteiger partial charge in [-0.15, -0.1) is 0 Å². The number of nitrogens with zero attached hydrogens (tertiary/aromatic N) is 4. The minimum atomic E-state index is 0.252. The van der Waals surface area contributed by atoms with E-state index < -0.39 is 0 Å². The molecule has 0 radical (unpaired) electrons. The van der Waals surface area contributed by atoms with Crippen LogP contribution in [-0.2, 0) is 11.2 Å². The summed E-state index contributed by atoms with van der Waals surface area (Å²) in [5.74, 6) is 2.26. The fourth-order valence-corrected chi connectivity index (χ4v) is 2.98. The maximum atomic E-state index is 5.63. The van der Waals surface area contributed by atoms with E-state index in [-0.39, 0.29) is 6.10 Å². The zero-order valence-corrected chi connectivity index (χ0v) is 14.1. The SMILES string of the molecule is CCc1cc(N2CCC(C)C(OC)C2)nc(-c2ccccn2)n1. The van der Waals surface area contributed by atoms with Gasteiger partial charge in [0.25, 0.3) is 0 Å². The summed E-state index contributed by atoms with van der Waals surface area (Å²) in [6, 6.07) is 7.92. The molecular weight excluding hydrogens is 288 g/mol. The number of rotatable bonds is 4. The van der Waals surface area contributed by atoms with E-state index in [2.05, 4.69) is 34.8 Å². The topological polar surface area (TPSA) is 51.1 Å². The molecule has 1 saturated heterocycles. The van der Waals surface area contributed by atoms with Crippen molar-refractivity contribution >= 4 is 5.82 Å². The number of hydrogen-bond acceptors (Lipinski definition) is 5. The van der Waals surface area contributed by atoms with Crippen LogP contribution in [0.15, 0.2) is 30.5 Å². The average molecular weight is 312 g/mol. The first-order chi connectivity index (χ1) is 11.2. The van der Waals surface area contributed by atoms with Crippen molar-refractivity contribution in [2.75, 3.05) is 25.1 Å². The van der Waals surface area contributed by atoms with Crippen molar-refractivity contribution in [3.63, 3.8) is 0 Å². The molecule has 0 spiro atoms. The highest BCUT2D eigenvalue weighted by atomic mass is 16.5. The van der Waals surface area contributed by atoms with Crippen LogP contribution in [-0.4, -0.2) is 41.3 Å². The van der Waals surface area contributed by atoms with E-state index in [9.17, 15) is 0 Å². The number of ether oxygens (including phenoxy) is 1. The number of aryl methyl sites for hydroxylation is 1. The molecule has 1 aliphatic heterocycles. The van der Waals surface area contributed by atoms with Crippen LogP contribution in [0.1, 0.15) is 26.0 Å². The number of anilines is 1. The number of methoxy groups -OCH3 is 1. The fraction of sp³-hybridized carbons (Fsp3) is 0.500. The van der Waals surface area contributed by atoms with Gasteiger partial charge in [0.2, 0.25) is 0 Å². The standard InChI is InChI=1S/C18H24N4O/c1-4-14-11-17(22-10-8-13(2)16(12-22)23-3)21-18(20-14)15-7-5-6-9-19-15/h5-7,9,11,13,16H,4,8,10,12H2,1-3H3. The molecule has 3 rings (SSSR count). The minimum absolute atomic E-state index is 0.252. The Morgan fingerprint density at radius 2 is 2.17 bits per heavy atom. The zero-order chi connectivity index (χ0) is 16.2. The third-order valence-electron chi connectivity index (χ3n) is 4.54. The Morgan fingerprint density at radius 1 is 1.30 bits per heavy atom. The smallest absolute Gasteiger partial charge is 0.180 e. The van der Waals surface area contributed by atoms with E-state index in [1.165, 1.54) is 0 Å². The van der Waals surface area contributed by atoms with Gasteiger partial charge in [-0.2, -0.15) is 0 Å². The van der Waals surface area contributed by atoms with Crippen LogP contribution in [0.25, 0.3) is 11.5 Å². The predicted molar refractivity (Wildman–Crippen MR) is 91.4 cm³/mol. The lowest BCUT2D eigenvalue weighted by Gasteiger charge is -2.37. The molecule has 0 amide bonds. The first-order valence-corrected chi connectivity index (χ1v) is 8.28. The van der Waals surface area contributed by atoms with Gasteiger partial charge in [0.1, 0.15) is 11.5 Å².